The summed E-state index contributed by atoms with van der Waals surface area (Å²) in [6.45, 7) is 0. The van der Waals surface area contributed by atoms with Gasteiger partial charge in [-0.1, -0.05) is 0 Å². The van der Waals surface area contributed by atoms with Crippen molar-refractivity contribution in [2.24, 2.45) is 0 Å². The molecule has 0 aromatic carbocycles. The monoisotopic (exact) mass is 158 g/mol. The minimum Gasteiger partial charge on any atom is -0.343 e. The van der Waals surface area contributed by atoms with Crippen LogP contribution in [0.1, 0.15) is 0 Å². The first kappa shape index (κ1) is 7.89. The Labute approximate surface area is 53.6 Å². The maximum absolute atomic E-state index is 10.4. The molecule has 0 spiro atoms. The Balaban J connectivity index is 3.61. The molecule has 0 aliphatic carbocycles. The van der Waals surface area contributed by atoms with Crippen LogP contribution in [0.15, 0.2) is 0 Å². The Morgan fingerprint density at radius 2 is 1.71 bits per heavy atom. The molecule has 5 heteroatoms. The molecular weight excluding hydrogens is 151 g/mol. The van der Waals surface area contributed by atoms with E-state index in [9.17, 15) is 4.57 Å². The third kappa shape index (κ3) is 3.47. The van der Waals surface area contributed by atoms with Gasteiger partial charge in [0.2, 0.25) is 7.37 Å². The van der Waals surface area contributed by atoms with Gasteiger partial charge in [0.05, 0.1) is 11.0 Å². The van der Waals surface area contributed by atoms with Gasteiger partial charge in [-0.25, -0.2) is 0 Å². The van der Waals surface area contributed by atoms with Crippen LogP contribution in [0.2, 0.25) is 0 Å². The van der Waals surface area contributed by atoms with Gasteiger partial charge in [0, 0.05) is 0 Å². The Hall–Kier alpha value is 0.890. The van der Waals surface area contributed by atoms with E-state index in [1.165, 1.54) is 0 Å². The predicted octanol–water partition coefficient (Wildman–Crippen LogP) is 1.03. The van der Waals surface area contributed by atoms with Gasteiger partial charge < -0.3 is 4.89 Å². The number of thiol groups is 2. The van der Waals surface area contributed by atoms with Gasteiger partial charge in [-0.2, -0.15) is 25.3 Å². The summed E-state index contributed by atoms with van der Waals surface area (Å²) in [5, 5.41) is 0. The van der Waals surface area contributed by atoms with Crippen molar-refractivity contribution >= 4 is 32.6 Å². The number of hydrogen-bond donors (Lipinski definition) is 3. The molecule has 2 nitrogen and oxygen atoms in total. The fourth-order valence-electron chi connectivity index (χ4n) is 0.0447. The molecule has 1 N–H and O–H groups in total. The van der Waals surface area contributed by atoms with E-state index in [1.54, 1.807) is 0 Å². The minimum absolute atomic E-state index is 0.0243. The van der Waals surface area contributed by atoms with Crippen LogP contribution in [0.25, 0.3) is 0 Å². The molecule has 0 saturated heterocycles. The molecule has 0 fully saturated rings. The quantitative estimate of drug-likeness (QED) is 0.415. The summed E-state index contributed by atoms with van der Waals surface area (Å²) in [7, 11) is -2.93. The second kappa shape index (κ2) is 3.02. The molecular formula is C2H7O2PS2. The van der Waals surface area contributed by atoms with Crippen LogP contribution >= 0.6 is 32.6 Å². The van der Waals surface area contributed by atoms with Crippen molar-refractivity contribution in [3.05, 3.63) is 0 Å². The van der Waals surface area contributed by atoms with Crippen LogP contribution in [0.5, 0.6) is 0 Å². The highest BCUT2D eigenvalue weighted by Gasteiger charge is 2.10. The predicted molar refractivity (Wildman–Crippen MR) is 37.5 cm³/mol. The van der Waals surface area contributed by atoms with Crippen LogP contribution in [-0.2, 0) is 4.57 Å². The second-order valence-electron chi connectivity index (χ2n) is 1.13. The lowest BCUT2D eigenvalue weighted by Gasteiger charge is -2.00. The van der Waals surface area contributed by atoms with Crippen LogP contribution in [0.3, 0.4) is 0 Å². The molecule has 0 aromatic rings. The van der Waals surface area contributed by atoms with Crippen molar-refractivity contribution in [2.75, 3.05) is 11.0 Å². The van der Waals surface area contributed by atoms with Gasteiger partial charge >= 0.3 is 0 Å². The fraction of sp³-hybridized carbons (Fsp3) is 1.00. The Kier molecular flexibility index (Phi) is 3.41. The van der Waals surface area contributed by atoms with E-state index in [4.69, 9.17) is 4.89 Å². The molecule has 0 bridgehead atoms. The zero-order valence-corrected chi connectivity index (χ0v) is 6.29. The lowest BCUT2D eigenvalue weighted by Crippen LogP contribution is -1.79. The van der Waals surface area contributed by atoms with Gasteiger partial charge in [0.25, 0.3) is 0 Å². The highest BCUT2D eigenvalue weighted by atomic mass is 32.1. The maximum Gasteiger partial charge on any atom is 0.219 e. The molecule has 7 heavy (non-hydrogen) atoms. The molecule has 0 atom stereocenters. The number of rotatable bonds is 2. The summed E-state index contributed by atoms with van der Waals surface area (Å²) in [5.41, 5.74) is 0.0486. The SMILES string of the molecule is O=P(O)(CS)CS. The molecule has 0 unspecified atom stereocenters. The van der Waals surface area contributed by atoms with Crippen LogP contribution in [0.4, 0.5) is 0 Å². The van der Waals surface area contributed by atoms with Crippen molar-refractivity contribution in [1.29, 1.82) is 0 Å². The summed E-state index contributed by atoms with van der Waals surface area (Å²) in [6.07, 6.45) is 0. The van der Waals surface area contributed by atoms with E-state index in [2.05, 4.69) is 25.3 Å². The molecule has 0 radical (unpaired) electrons. The van der Waals surface area contributed by atoms with Crippen molar-refractivity contribution in [1.82, 2.24) is 0 Å². The summed E-state index contributed by atoms with van der Waals surface area (Å²) in [5.74, 6) is 0. The molecule has 44 valence electrons. The average Bonchev–Trinajstić information content (AvgIpc) is 1.68. The van der Waals surface area contributed by atoms with Gasteiger partial charge in [-0.3, -0.25) is 4.57 Å². The molecule has 0 aromatic heterocycles. The largest absolute Gasteiger partial charge is 0.343 e. The zero-order chi connectivity index (χ0) is 5.91. The van der Waals surface area contributed by atoms with Crippen molar-refractivity contribution in [3.63, 3.8) is 0 Å². The first-order valence-electron chi connectivity index (χ1n) is 1.65. The minimum atomic E-state index is -2.93. The van der Waals surface area contributed by atoms with E-state index in [-0.39, 0.29) is 11.0 Å². The summed E-state index contributed by atoms with van der Waals surface area (Å²) in [6, 6.07) is 0. The van der Waals surface area contributed by atoms with Crippen LogP contribution in [0, 0.1) is 0 Å². The Morgan fingerprint density at radius 3 is 1.71 bits per heavy atom. The maximum atomic E-state index is 10.4. The lowest BCUT2D eigenvalue weighted by atomic mass is 11.9. The number of hydrogen-bond acceptors (Lipinski definition) is 3. The smallest absolute Gasteiger partial charge is 0.219 e. The summed E-state index contributed by atoms with van der Waals surface area (Å²) >= 11 is 7.24. The third-order valence-electron chi connectivity index (χ3n) is 0.442. The van der Waals surface area contributed by atoms with Gasteiger partial charge in [-0.15, -0.1) is 0 Å². The van der Waals surface area contributed by atoms with Crippen molar-refractivity contribution in [3.8, 4) is 0 Å². The van der Waals surface area contributed by atoms with Gasteiger partial charge in [-0.05, 0) is 0 Å². The normalized spacial score (nSPS) is 11.9. The third-order valence-corrected chi connectivity index (χ3v) is 3.98. The lowest BCUT2D eigenvalue weighted by molar-refractivity contribution is 0.489. The van der Waals surface area contributed by atoms with Crippen LogP contribution in [-0.4, -0.2) is 15.9 Å². The standard InChI is InChI=1S/C2H7O2PS2/c3-5(4,1-6)2-7/h6-7H,1-2H2,(H,3,4). The Morgan fingerprint density at radius 1 is 1.43 bits per heavy atom. The fourth-order valence-corrected chi connectivity index (χ4v) is 1.21. The van der Waals surface area contributed by atoms with Gasteiger partial charge in [0.15, 0.2) is 0 Å². The van der Waals surface area contributed by atoms with E-state index in [0.29, 0.717) is 0 Å². The molecule has 0 saturated carbocycles. The van der Waals surface area contributed by atoms with Crippen molar-refractivity contribution in [2.45, 2.75) is 0 Å². The van der Waals surface area contributed by atoms with E-state index >= 15 is 0 Å². The summed E-state index contributed by atoms with van der Waals surface area (Å²) < 4.78 is 10.4. The molecule has 0 aliphatic rings. The Bertz CT molecular complexity index is 85.7. The second-order valence-corrected chi connectivity index (χ2v) is 5.08. The molecule has 0 amide bonds. The molecule has 0 rings (SSSR count). The average molecular weight is 158 g/mol. The highest BCUT2D eigenvalue weighted by Crippen LogP contribution is 2.41. The zero-order valence-electron chi connectivity index (χ0n) is 3.61. The topological polar surface area (TPSA) is 37.3 Å². The molecule has 0 aliphatic heterocycles. The first-order chi connectivity index (χ1) is 3.12. The van der Waals surface area contributed by atoms with Crippen LogP contribution < -0.4 is 0 Å². The van der Waals surface area contributed by atoms with Gasteiger partial charge in [0.1, 0.15) is 0 Å². The first-order valence-corrected chi connectivity index (χ1v) is 4.94. The molecule has 0 heterocycles. The van der Waals surface area contributed by atoms with E-state index in [0.717, 1.165) is 0 Å². The van der Waals surface area contributed by atoms with E-state index in [1.807, 2.05) is 0 Å². The van der Waals surface area contributed by atoms with E-state index < -0.39 is 7.37 Å². The van der Waals surface area contributed by atoms with Crippen molar-refractivity contribution < 1.29 is 9.46 Å². The summed E-state index contributed by atoms with van der Waals surface area (Å²) in [4.78, 5) is 8.53. The highest BCUT2D eigenvalue weighted by molar-refractivity contribution is 7.95.